The van der Waals surface area contributed by atoms with Crippen LogP contribution in [0.2, 0.25) is 10.0 Å². The highest BCUT2D eigenvalue weighted by Gasteiger charge is 2.25. The molecule has 0 spiro atoms. The summed E-state index contributed by atoms with van der Waals surface area (Å²) in [4.78, 5) is 42.5. The van der Waals surface area contributed by atoms with Crippen LogP contribution in [0, 0.1) is 0 Å². The highest BCUT2D eigenvalue weighted by atomic mass is 35.5. The largest absolute Gasteiger partial charge is 0.480 e. The number of hydrogen-bond donors (Lipinski definition) is 3. The first kappa shape index (κ1) is 34.3. The Morgan fingerprint density at radius 3 is 2.47 bits per heavy atom. The van der Waals surface area contributed by atoms with Gasteiger partial charge in [-0.3, -0.25) is 18.9 Å². The lowest BCUT2D eigenvalue weighted by atomic mass is 10.0. The zero-order valence-electron chi connectivity index (χ0n) is 26.4. The fraction of sp³-hybridized carbons (Fsp3) is 0.312. The minimum absolute atomic E-state index is 0.147. The van der Waals surface area contributed by atoms with Crippen molar-refractivity contribution in [2.75, 3.05) is 25.6 Å². The van der Waals surface area contributed by atoms with Crippen molar-refractivity contribution in [2.45, 2.75) is 31.5 Å². The standard InChI is InChI=1S/C32H30Cl2F2N8O5/c1-43-29-23(31(46)44(2)32(43)47)27(41-28(42-29)26(35)36)39-19-9-5-7-16(25(19)34)15-6-4-8-17(24(15)33)20-12-38-21(30(40-20)48-3)13-37-18-10-11-49-14-22(18)45/h4-9,12,18,22,26,37,45H,10-11,13-14H2,1-3H3,(H,39,41,42)/t18-,22+/m0/s1. The maximum Gasteiger partial charge on any atom is 0.332 e. The van der Waals surface area contributed by atoms with E-state index in [0.29, 0.717) is 52.7 Å². The van der Waals surface area contributed by atoms with Gasteiger partial charge in [0.1, 0.15) is 16.9 Å². The molecule has 0 bridgehead atoms. The van der Waals surface area contributed by atoms with E-state index >= 15 is 0 Å². The van der Waals surface area contributed by atoms with Crippen LogP contribution in [0.25, 0.3) is 33.4 Å². The Morgan fingerprint density at radius 2 is 1.76 bits per heavy atom. The van der Waals surface area contributed by atoms with Crippen LogP contribution in [0.15, 0.2) is 52.2 Å². The number of methoxy groups -OCH3 is 1. The van der Waals surface area contributed by atoms with Crippen LogP contribution in [-0.2, 0) is 25.4 Å². The molecule has 1 saturated heterocycles. The molecular formula is C32H30Cl2F2N8O5. The number of nitrogens with zero attached hydrogens (tertiary/aromatic N) is 6. The predicted octanol–water partition coefficient (Wildman–Crippen LogP) is 4.39. The first-order chi connectivity index (χ1) is 23.5. The highest BCUT2D eigenvalue weighted by Crippen LogP contribution is 2.42. The Hall–Kier alpha value is -4.54. The van der Waals surface area contributed by atoms with Gasteiger partial charge in [0.2, 0.25) is 5.88 Å². The van der Waals surface area contributed by atoms with Gasteiger partial charge < -0.3 is 25.2 Å². The number of alkyl halides is 2. The molecule has 49 heavy (non-hydrogen) atoms. The van der Waals surface area contributed by atoms with E-state index in [9.17, 15) is 23.5 Å². The van der Waals surface area contributed by atoms with E-state index in [1.165, 1.54) is 21.2 Å². The van der Waals surface area contributed by atoms with Crippen molar-refractivity contribution in [3.8, 4) is 28.3 Å². The summed E-state index contributed by atoms with van der Waals surface area (Å²) in [7, 11) is 4.07. The van der Waals surface area contributed by atoms with Crippen molar-refractivity contribution in [2.24, 2.45) is 14.1 Å². The van der Waals surface area contributed by atoms with E-state index in [1.54, 1.807) is 42.6 Å². The molecule has 0 aliphatic carbocycles. The molecule has 0 unspecified atom stereocenters. The van der Waals surface area contributed by atoms with Crippen molar-refractivity contribution in [1.82, 2.24) is 34.4 Å². The molecule has 1 aliphatic heterocycles. The summed E-state index contributed by atoms with van der Waals surface area (Å²) in [6.45, 7) is 1.12. The summed E-state index contributed by atoms with van der Waals surface area (Å²) < 4.78 is 40.3. The first-order valence-electron chi connectivity index (χ1n) is 15.0. The minimum atomic E-state index is -3.08. The third kappa shape index (κ3) is 6.59. The second kappa shape index (κ2) is 14.1. The van der Waals surface area contributed by atoms with Gasteiger partial charge in [-0.15, -0.1) is 0 Å². The van der Waals surface area contributed by atoms with Crippen molar-refractivity contribution < 1.29 is 23.4 Å². The average Bonchev–Trinajstić information content (AvgIpc) is 3.10. The molecule has 0 saturated carbocycles. The second-order valence-electron chi connectivity index (χ2n) is 11.2. The molecule has 1 fully saturated rings. The Balaban J connectivity index is 1.35. The number of halogens is 4. The van der Waals surface area contributed by atoms with Crippen LogP contribution in [-0.4, -0.2) is 66.6 Å². The quantitative estimate of drug-likeness (QED) is 0.199. The van der Waals surface area contributed by atoms with Gasteiger partial charge in [-0.05, 0) is 12.5 Å². The van der Waals surface area contributed by atoms with Gasteiger partial charge in [0.15, 0.2) is 11.5 Å². The molecule has 0 amide bonds. The number of anilines is 2. The smallest absolute Gasteiger partial charge is 0.332 e. The van der Waals surface area contributed by atoms with E-state index in [4.69, 9.17) is 32.7 Å². The molecule has 17 heteroatoms. The Bertz CT molecular complexity index is 2180. The number of benzene rings is 2. The molecule has 3 N–H and O–H groups in total. The molecule has 0 radical (unpaired) electrons. The number of ether oxygens (including phenoxy) is 2. The van der Waals surface area contributed by atoms with Crippen molar-refractivity contribution in [1.29, 1.82) is 0 Å². The molecule has 4 heterocycles. The van der Waals surface area contributed by atoms with E-state index in [2.05, 4.69) is 30.6 Å². The normalized spacial score (nSPS) is 16.3. The fourth-order valence-corrected chi connectivity index (χ4v) is 6.17. The first-order valence-corrected chi connectivity index (χ1v) is 15.7. The maximum absolute atomic E-state index is 13.8. The fourth-order valence-electron chi connectivity index (χ4n) is 5.57. The number of fused-ring (bicyclic) bond motifs is 1. The lowest BCUT2D eigenvalue weighted by Gasteiger charge is -2.28. The van der Waals surface area contributed by atoms with Crippen molar-refractivity contribution in [3.63, 3.8) is 0 Å². The van der Waals surface area contributed by atoms with Crippen LogP contribution in [0.1, 0.15) is 24.4 Å². The van der Waals surface area contributed by atoms with Gasteiger partial charge in [0, 0.05) is 50.0 Å². The number of aryl methyl sites for hydroxylation is 1. The van der Waals surface area contributed by atoms with Crippen LogP contribution in [0.5, 0.6) is 5.88 Å². The van der Waals surface area contributed by atoms with Gasteiger partial charge in [-0.2, -0.15) is 0 Å². The molecule has 3 aromatic heterocycles. The molecule has 1 aliphatic rings. The van der Waals surface area contributed by atoms with E-state index in [-0.39, 0.29) is 46.1 Å². The lowest BCUT2D eigenvalue weighted by molar-refractivity contribution is -0.0281. The topological polar surface area (TPSA) is 158 Å². The molecule has 256 valence electrons. The van der Waals surface area contributed by atoms with Gasteiger partial charge in [0.05, 0.1) is 47.4 Å². The van der Waals surface area contributed by atoms with E-state index < -0.39 is 29.6 Å². The highest BCUT2D eigenvalue weighted by molar-refractivity contribution is 6.39. The minimum Gasteiger partial charge on any atom is -0.480 e. The van der Waals surface area contributed by atoms with Gasteiger partial charge in [-0.1, -0.05) is 53.5 Å². The molecule has 6 rings (SSSR count). The third-order valence-corrected chi connectivity index (χ3v) is 9.01. The Labute approximate surface area is 287 Å². The number of aromatic nitrogens is 6. The number of nitrogens with one attached hydrogen (secondary N) is 2. The van der Waals surface area contributed by atoms with Crippen LogP contribution >= 0.6 is 23.2 Å². The summed E-state index contributed by atoms with van der Waals surface area (Å²) in [5.74, 6) is -0.847. The molecular weight excluding hydrogens is 685 g/mol. The van der Waals surface area contributed by atoms with E-state index in [0.717, 1.165) is 9.13 Å². The Morgan fingerprint density at radius 1 is 1.04 bits per heavy atom. The van der Waals surface area contributed by atoms with Crippen LogP contribution in [0.4, 0.5) is 20.3 Å². The number of hydrogen-bond acceptors (Lipinski definition) is 11. The summed E-state index contributed by atoms with van der Waals surface area (Å²) in [5, 5.41) is 16.7. The summed E-state index contributed by atoms with van der Waals surface area (Å²) >= 11 is 13.9. The van der Waals surface area contributed by atoms with E-state index in [1.807, 2.05) is 0 Å². The van der Waals surface area contributed by atoms with Crippen molar-refractivity contribution >= 4 is 45.7 Å². The summed E-state index contributed by atoms with van der Waals surface area (Å²) in [6.07, 6.45) is -1.49. The predicted molar refractivity (Wildman–Crippen MR) is 180 cm³/mol. The van der Waals surface area contributed by atoms with Crippen LogP contribution < -0.4 is 26.6 Å². The lowest BCUT2D eigenvalue weighted by Crippen LogP contribution is -2.46. The summed E-state index contributed by atoms with van der Waals surface area (Å²) in [5.41, 5.74) is 0.955. The third-order valence-electron chi connectivity index (χ3n) is 8.19. The molecule has 5 aromatic rings. The average molecular weight is 716 g/mol. The number of aliphatic hydroxyl groups is 1. The Kier molecular flexibility index (Phi) is 9.90. The van der Waals surface area contributed by atoms with Gasteiger partial charge in [-0.25, -0.2) is 28.5 Å². The zero-order chi connectivity index (χ0) is 35.0. The SMILES string of the molecule is COc1nc(-c2cccc(-c3cccc(Nc4nc(C(F)F)nc5c4c(=O)n(C)c(=O)n5C)c3Cl)c2Cl)cnc1CN[C@H]1CCOC[C@H]1O. The molecule has 13 nitrogen and oxygen atoms in total. The monoisotopic (exact) mass is 714 g/mol. The van der Waals surface area contributed by atoms with Gasteiger partial charge >= 0.3 is 5.69 Å². The van der Waals surface area contributed by atoms with Crippen molar-refractivity contribution in [3.05, 3.63) is 85.0 Å². The zero-order valence-corrected chi connectivity index (χ0v) is 27.9. The maximum atomic E-state index is 13.8. The summed E-state index contributed by atoms with van der Waals surface area (Å²) in [6, 6.07) is 10.1. The van der Waals surface area contributed by atoms with Crippen LogP contribution in [0.3, 0.4) is 0 Å². The molecule has 2 atom stereocenters. The second-order valence-corrected chi connectivity index (χ2v) is 12.0. The molecule has 2 aromatic carbocycles. The number of rotatable bonds is 9. The number of aliphatic hydroxyl groups excluding tert-OH is 1. The van der Waals surface area contributed by atoms with Gasteiger partial charge in [0.25, 0.3) is 12.0 Å².